The number of nitrogens with one attached hydrogen (secondary N) is 2. The number of H-pyrrole nitrogens is 1. The molecule has 1 unspecified atom stereocenters. The molecule has 8 nitrogen and oxygen atoms in total. The number of fused-ring (bicyclic) bond motifs is 1. The predicted molar refractivity (Wildman–Crippen MR) is 133 cm³/mol. The van der Waals surface area contributed by atoms with Crippen molar-refractivity contribution in [2.45, 2.75) is 46.1 Å². The Morgan fingerprint density at radius 3 is 2.53 bits per heavy atom. The molecule has 32 heavy (non-hydrogen) atoms. The summed E-state index contributed by atoms with van der Waals surface area (Å²) in [5, 5.41) is 12.8. The van der Waals surface area contributed by atoms with E-state index < -0.39 is 0 Å². The molecule has 9 heteroatoms. The zero-order chi connectivity index (χ0) is 22.9. The van der Waals surface area contributed by atoms with Crippen LogP contribution in [0.15, 0.2) is 18.5 Å². The van der Waals surface area contributed by atoms with E-state index in [1.54, 1.807) is 6.33 Å². The summed E-state index contributed by atoms with van der Waals surface area (Å²) >= 11 is 6.53. The summed E-state index contributed by atoms with van der Waals surface area (Å²) in [6, 6.07) is 4.07. The molecule has 1 aliphatic heterocycles. The van der Waals surface area contributed by atoms with Gasteiger partial charge in [0, 0.05) is 60.4 Å². The Bertz CT molecular complexity index is 1080. The van der Waals surface area contributed by atoms with Gasteiger partial charge in [0.1, 0.15) is 12.1 Å². The lowest BCUT2D eigenvalue weighted by Crippen LogP contribution is -2.47. The van der Waals surface area contributed by atoms with Crippen molar-refractivity contribution in [3.8, 4) is 0 Å². The quantitative estimate of drug-likeness (QED) is 0.498. The Morgan fingerprint density at radius 1 is 1.16 bits per heavy atom. The van der Waals surface area contributed by atoms with Crippen molar-refractivity contribution in [3.63, 3.8) is 0 Å². The minimum absolute atomic E-state index is 0.161. The molecule has 0 aliphatic carbocycles. The van der Waals surface area contributed by atoms with Gasteiger partial charge in [-0.05, 0) is 44.4 Å². The van der Waals surface area contributed by atoms with E-state index in [9.17, 15) is 0 Å². The number of aryl methyl sites for hydroxylation is 1. The fraction of sp³-hybridized carbons (Fsp3) is 0.522. The number of aromatic amines is 1. The maximum atomic E-state index is 6.53. The third kappa shape index (κ3) is 4.21. The lowest BCUT2D eigenvalue weighted by Gasteiger charge is -2.38. The van der Waals surface area contributed by atoms with Crippen LogP contribution in [-0.4, -0.2) is 58.4 Å². The van der Waals surface area contributed by atoms with Gasteiger partial charge >= 0.3 is 0 Å². The number of hydrogen-bond acceptors (Lipinski definition) is 7. The first-order chi connectivity index (χ1) is 15.4. The van der Waals surface area contributed by atoms with Gasteiger partial charge < -0.3 is 20.9 Å². The van der Waals surface area contributed by atoms with Crippen molar-refractivity contribution in [1.82, 2.24) is 20.2 Å². The molecule has 0 amide bonds. The normalized spacial score (nSPS) is 16.4. The topological polar surface area (TPSA) is 99.0 Å². The van der Waals surface area contributed by atoms with E-state index in [0.717, 1.165) is 72.3 Å². The van der Waals surface area contributed by atoms with E-state index in [0.29, 0.717) is 6.54 Å². The van der Waals surface area contributed by atoms with Crippen LogP contribution < -0.4 is 20.9 Å². The van der Waals surface area contributed by atoms with Crippen LogP contribution in [0.25, 0.3) is 11.0 Å². The highest BCUT2D eigenvalue weighted by Crippen LogP contribution is 2.34. The molecule has 1 atom stereocenters. The lowest BCUT2D eigenvalue weighted by molar-refractivity contribution is 0.506. The van der Waals surface area contributed by atoms with Crippen molar-refractivity contribution in [2.24, 2.45) is 5.73 Å². The Labute approximate surface area is 194 Å². The SMILES string of the molecule is CCc1[nH]nc2ncnc(N3CCN(c4cc(Cl)cc(NC(C)(CC)CN)c4C)CC3)c12. The van der Waals surface area contributed by atoms with Crippen LogP contribution in [0.2, 0.25) is 5.02 Å². The predicted octanol–water partition coefficient (Wildman–Crippen LogP) is 3.74. The van der Waals surface area contributed by atoms with Gasteiger partial charge in [0.05, 0.1) is 5.39 Å². The maximum absolute atomic E-state index is 6.53. The molecule has 0 spiro atoms. The molecule has 172 valence electrons. The molecule has 0 saturated carbocycles. The van der Waals surface area contributed by atoms with Crippen molar-refractivity contribution < 1.29 is 0 Å². The van der Waals surface area contributed by atoms with Crippen LogP contribution in [0.5, 0.6) is 0 Å². The van der Waals surface area contributed by atoms with Gasteiger partial charge in [-0.15, -0.1) is 0 Å². The molecule has 4 rings (SSSR count). The zero-order valence-electron chi connectivity index (χ0n) is 19.4. The average Bonchev–Trinajstić information content (AvgIpc) is 3.24. The lowest BCUT2D eigenvalue weighted by atomic mass is 9.97. The summed E-state index contributed by atoms with van der Waals surface area (Å²) in [5.74, 6) is 0.965. The van der Waals surface area contributed by atoms with Crippen LogP contribution >= 0.6 is 11.6 Å². The van der Waals surface area contributed by atoms with Crippen LogP contribution in [0.3, 0.4) is 0 Å². The Kier molecular flexibility index (Phi) is 6.44. The van der Waals surface area contributed by atoms with Crippen LogP contribution in [0.4, 0.5) is 17.2 Å². The van der Waals surface area contributed by atoms with Crippen molar-refractivity contribution in [1.29, 1.82) is 0 Å². The van der Waals surface area contributed by atoms with Gasteiger partial charge in [-0.3, -0.25) is 5.10 Å². The fourth-order valence-electron chi connectivity index (χ4n) is 4.28. The van der Waals surface area contributed by atoms with E-state index in [-0.39, 0.29) is 5.54 Å². The number of benzene rings is 1. The molecule has 1 aliphatic rings. The largest absolute Gasteiger partial charge is 0.378 e. The van der Waals surface area contributed by atoms with E-state index in [2.05, 4.69) is 69.0 Å². The highest BCUT2D eigenvalue weighted by molar-refractivity contribution is 6.31. The van der Waals surface area contributed by atoms with Gasteiger partial charge in [0.15, 0.2) is 5.65 Å². The summed E-state index contributed by atoms with van der Waals surface area (Å²) in [6.07, 6.45) is 3.41. The average molecular weight is 457 g/mol. The monoisotopic (exact) mass is 456 g/mol. The molecule has 1 aromatic carbocycles. The molecule has 1 saturated heterocycles. The highest BCUT2D eigenvalue weighted by atomic mass is 35.5. The van der Waals surface area contributed by atoms with Gasteiger partial charge in [-0.2, -0.15) is 5.10 Å². The van der Waals surface area contributed by atoms with Crippen molar-refractivity contribution in [3.05, 3.63) is 34.7 Å². The number of hydrogen-bond donors (Lipinski definition) is 3. The molecular weight excluding hydrogens is 424 g/mol. The third-order valence-electron chi connectivity index (χ3n) is 6.69. The second-order valence-electron chi connectivity index (χ2n) is 8.77. The molecule has 0 bridgehead atoms. The maximum Gasteiger partial charge on any atom is 0.186 e. The first-order valence-electron chi connectivity index (χ1n) is 11.3. The van der Waals surface area contributed by atoms with Crippen LogP contribution in [-0.2, 0) is 6.42 Å². The minimum atomic E-state index is -0.161. The number of aromatic nitrogens is 4. The molecule has 3 aromatic rings. The van der Waals surface area contributed by atoms with Gasteiger partial charge in [0.2, 0.25) is 0 Å². The summed E-state index contributed by atoms with van der Waals surface area (Å²) in [4.78, 5) is 13.7. The summed E-state index contributed by atoms with van der Waals surface area (Å²) in [7, 11) is 0. The van der Waals surface area contributed by atoms with E-state index in [1.165, 1.54) is 11.3 Å². The number of piperazine rings is 1. The molecule has 1 fully saturated rings. The molecular formula is C23H33ClN8. The molecule has 4 N–H and O–H groups in total. The Morgan fingerprint density at radius 2 is 1.88 bits per heavy atom. The minimum Gasteiger partial charge on any atom is -0.378 e. The van der Waals surface area contributed by atoms with E-state index >= 15 is 0 Å². The Balaban J connectivity index is 1.56. The summed E-state index contributed by atoms with van der Waals surface area (Å²) in [6.45, 7) is 12.6. The summed E-state index contributed by atoms with van der Waals surface area (Å²) in [5.41, 5.74) is 11.1. The summed E-state index contributed by atoms with van der Waals surface area (Å²) < 4.78 is 0. The highest BCUT2D eigenvalue weighted by Gasteiger charge is 2.25. The first-order valence-corrected chi connectivity index (χ1v) is 11.7. The second kappa shape index (κ2) is 9.11. The molecule has 2 aromatic heterocycles. The van der Waals surface area contributed by atoms with Crippen molar-refractivity contribution >= 4 is 39.8 Å². The second-order valence-corrected chi connectivity index (χ2v) is 9.20. The first kappa shape index (κ1) is 22.6. The Hall–Kier alpha value is -2.58. The van der Waals surface area contributed by atoms with Crippen LogP contribution in [0.1, 0.15) is 38.4 Å². The van der Waals surface area contributed by atoms with E-state index in [4.69, 9.17) is 17.3 Å². The zero-order valence-corrected chi connectivity index (χ0v) is 20.1. The van der Waals surface area contributed by atoms with Crippen molar-refractivity contribution in [2.75, 3.05) is 47.8 Å². The molecule has 0 radical (unpaired) electrons. The number of nitrogens with two attached hydrogens (primary N) is 1. The smallest absolute Gasteiger partial charge is 0.186 e. The fourth-order valence-corrected chi connectivity index (χ4v) is 4.50. The number of anilines is 3. The third-order valence-corrected chi connectivity index (χ3v) is 6.91. The number of halogens is 1. The van der Waals surface area contributed by atoms with E-state index in [1.807, 2.05) is 6.07 Å². The van der Waals surface area contributed by atoms with Gasteiger partial charge in [-0.1, -0.05) is 25.4 Å². The number of nitrogens with zero attached hydrogens (tertiary/aromatic N) is 5. The molecule has 3 heterocycles. The van der Waals surface area contributed by atoms with Crippen LogP contribution in [0, 0.1) is 6.92 Å². The standard InChI is InChI=1S/C23H33ClN8/c1-5-17-20-21(30-29-17)26-14-27-22(20)32-9-7-31(8-10-32)19-12-16(24)11-18(15(19)3)28-23(4,6-2)13-25/h11-12,14,28H,5-10,13,25H2,1-4H3,(H,26,27,29,30). The van der Waals surface area contributed by atoms with Gasteiger partial charge in [0.25, 0.3) is 0 Å². The number of rotatable bonds is 7. The van der Waals surface area contributed by atoms with Gasteiger partial charge in [-0.25, -0.2) is 9.97 Å².